The molecular weight excluding hydrogens is 248 g/mol. The van der Waals surface area contributed by atoms with Crippen LogP contribution >= 0.6 is 11.6 Å². The van der Waals surface area contributed by atoms with Gasteiger partial charge in [0.25, 0.3) is 0 Å². The fraction of sp³-hybridized carbons (Fsp3) is 0.400. The van der Waals surface area contributed by atoms with Crippen LogP contribution in [0, 0.1) is 0 Å². The van der Waals surface area contributed by atoms with E-state index in [1.54, 1.807) is 12.1 Å². The summed E-state index contributed by atoms with van der Waals surface area (Å²) in [5.74, 6) is 0. The lowest BCUT2D eigenvalue weighted by atomic mass is 10.2. The Morgan fingerprint density at radius 3 is 2.50 bits per heavy atom. The maximum Gasteiger partial charge on any atom is 0.246 e. The minimum atomic E-state index is -3.43. The number of rotatable bonds is 5. The fourth-order valence-electron chi connectivity index (χ4n) is 1.29. The van der Waals surface area contributed by atoms with Crippen molar-refractivity contribution >= 4 is 27.3 Å². The van der Waals surface area contributed by atoms with E-state index in [0.717, 1.165) is 5.56 Å². The highest BCUT2D eigenvalue weighted by Gasteiger charge is 2.11. The molecule has 0 aliphatic heterocycles. The molecule has 90 valence electrons. The average Bonchev–Trinajstić information content (AvgIpc) is 2.20. The zero-order valence-electron chi connectivity index (χ0n) is 9.27. The van der Waals surface area contributed by atoms with Gasteiger partial charge < -0.3 is 4.90 Å². The molecule has 1 N–H and O–H groups in total. The maximum absolute atomic E-state index is 11.4. The molecule has 0 saturated carbocycles. The van der Waals surface area contributed by atoms with E-state index in [1.165, 1.54) is 0 Å². The summed E-state index contributed by atoms with van der Waals surface area (Å²) in [6, 6.07) is 7.26. The van der Waals surface area contributed by atoms with Crippen LogP contribution in [0.5, 0.6) is 0 Å². The Labute approximate surface area is 101 Å². The van der Waals surface area contributed by atoms with Crippen LogP contribution in [0.25, 0.3) is 0 Å². The molecule has 1 aromatic carbocycles. The summed E-state index contributed by atoms with van der Waals surface area (Å²) in [6.45, 7) is 0.668. The topological polar surface area (TPSA) is 49.4 Å². The van der Waals surface area contributed by atoms with Gasteiger partial charge in [0.2, 0.25) is 10.0 Å². The molecule has 0 heterocycles. The van der Waals surface area contributed by atoms with Gasteiger partial charge in [-0.25, -0.2) is 8.42 Å². The highest BCUT2D eigenvalue weighted by atomic mass is 35.5. The number of alkyl halides is 1. The van der Waals surface area contributed by atoms with Gasteiger partial charge in [0.15, 0.2) is 0 Å². The predicted molar refractivity (Wildman–Crippen MR) is 67.1 cm³/mol. The van der Waals surface area contributed by atoms with E-state index in [0.29, 0.717) is 12.2 Å². The van der Waals surface area contributed by atoms with Crippen LogP contribution in [0.3, 0.4) is 0 Å². The van der Waals surface area contributed by atoms with Crippen molar-refractivity contribution in [3.63, 3.8) is 0 Å². The number of nitrogens with zero attached hydrogens (tertiary/aromatic N) is 1. The third-order valence-electron chi connectivity index (χ3n) is 1.91. The van der Waals surface area contributed by atoms with Gasteiger partial charge in [-0.1, -0.05) is 18.2 Å². The van der Waals surface area contributed by atoms with Gasteiger partial charge in [-0.2, -0.15) is 0 Å². The minimum absolute atomic E-state index is 0.441. The Hall–Kier alpha value is -0.780. The second-order valence-electron chi connectivity index (χ2n) is 3.72. The molecule has 16 heavy (non-hydrogen) atoms. The van der Waals surface area contributed by atoms with Gasteiger partial charge in [-0.3, -0.25) is 4.72 Å². The van der Waals surface area contributed by atoms with E-state index in [-0.39, 0.29) is 0 Å². The number of benzene rings is 1. The fourth-order valence-corrected chi connectivity index (χ4v) is 2.05. The van der Waals surface area contributed by atoms with Crippen molar-refractivity contribution in [2.75, 3.05) is 24.0 Å². The molecule has 0 saturated heterocycles. The van der Waals surface area contributed by atoms with E-state index in [9.17, 15) is 8.42 Å². The summed E-state index contributed by atoms with van der Waals surface area (Å²) in [7, 11) is 0.413. The molecule has 0 atom stereocenters. The van der Waals surface area contributed by atoms with Crippen molar-refractivity contribution < 1.29 is 8.42 Å². The van der Waals surface area contributed by atoms with Gasteiger partial charge in [-0.05, 0) is 25.7 Å². The molecule has 0 aliphatic rings. The number of para-hydroxylation sites is 1. The first-order chi connectivity index (χ1) is 7.44. The zero-order valence-corrected chi connectivity index (χ0v) is 10.8. The smallest absolute Gasteiger partial charge is 0.246 e. The normalized spacial score (nSPS) is 11.8. The molecule has 1 aromatic rings. The number of hydrogen-bond acceptors (Lipinski definition) is 3. The molecule has 0 amide bonds. The third kappa shape index (κ3) is 4.00. The van der Waals surface area contributed by atoms with Crippen molar-refractivity contribution in [3.8, 4) is 0 Å². The quantitative estimate of drug-likeness (QED) is 0.822. The second-order valence-corrected chi connectivity index (χ2v) is 6.03. The molecule has 0 bridgehead atoms. The Bertz CT molecular complexity index is 446. The maximum atomic E-state index is 11.4. The minimum Gasteiger partial charge on any atom is -0.305 e. The summed E-state index contributed by atoms with van der Waals surface area (Å²) in [5.41, 5.74) is 1.50. The lowest BCUT2D eigenvalue weighted by Crippen LogP contribution is -2.17. The summed E-state index contributed by atoms with van der Waals surface area (Å²) < 4.78 is 25.2. The molecule has 0 fully saturated rings. The summed E-state index contributed by atoms with van der Waals surface area (Å²) in [5, 5.41) is -0.441. The summed E-state index contributed by atoms with van der Waals surface area (Å²) in [6.07, 6.45) is 0. The first-order valence-electron chi connectivity index (χ1n) is 4.73. The monoisotopic (exact) mass is 262 g/mol. The van der Waals surface area contributed by atoms with Crippen LogP contribution < -0.4 is 4.72 Å². The van der Waals surface area contributed by atoms with E-state index in [1.807, 2.05) is 31.1 Å². The standard InChI is InChI=1S/C10H15ClN2O2S/c1-13(2)7-9-5-3-4-6-10(9)12-16(14,15)8-11/h3-6,12H,7-8H2,1-2H3. The predicted octanol–water partition coefficient (Wildman–Crippen LogP) is 1.69. The van der Waals surface area contributed by atoms with E-state index < -0.39 is 15.2 Å². The number of sulfonamides is 1. The third-order valence-corrected chi connectivity index (χ3v) is 3.59. The Morgan fingerprint density at radius 1 is 1.31 bits per heavy atom. The van der Waals surface area contributed by atoms with Crippen LogP contribution in [0.4, 0.5) is 5.69 Å². The van der Waals surface area contributed by atoms with Crippen LogP contribution in [0.2, 0.25) is 0 Å². The number of anilines is 1. The SMILES string of the molecule is CN(C)Cc1ccccc1NS(=O)(=O)CCl. The molecule has 0 spiro atoms. The van der Waals surface area contributed by atoms with Crippen LogP contribution in [0.15, 0.2) is 24.3 Å². The second kappa shape index (κ2) is 5.52. The lowest BCUT2D eigenvalue weighted by molar-refractivity contribution is 0.403. The van der Waals surface area contributed by atoms with Gasteiger partial charge >= 0.3 is 0 Å². The Balaban J connectivity index is 2.95. The van der Waals surface area contributed by atoms with Gasteiger partial charge in [-0.15, -0.1) is 11.6 Å². The van der Waals surface area contributed by atoms with Crippen molar-refractivity contribution in [2.24, 2.45) is 0 Å². The van der Waals surface area contributed by atoms with Crippen LogP contribution in [-0.4, -0.2) is 32.6 Å². The lowest BCUT2D eigenvalue weighted by Gasteiger charge is -2.14. The average molecular weight is 263 g/mol. The Kier molecular flexibility index (Phi) is 4.58. The molecule has 0 aromatic heterocycles. The van der Waals surface area contributed by atoms with E-state index in [2.05, 4.69) is 4.72 Å². The van der Waals surface area contributed by atoms with Crippen molar-refractivity contribution in [2.45, 2.75) is 6.54 Å². The highest BCUT2D eigenvalue weighted by Crippen LogP contribution is 2.18. The first kappa shape index (κ1) is 13.3. The molecule has 4 nitrogen and oxygen atoms in total. The first-order valence-corrected chi connectivity index (χ1v) is 6.92. The van der Waals surface area contributed by atoms with Crippen molar-refractivity contribution in [3.05, 3.63) is 29.8 Å². The molecule has 6 heteroatoms. The molecular formula is C10H15ClN2O2S. The molecule has 1 rings (SSSR count). The zero-order chi connectivity index (χ0) is 12.2. The van der Waals surface area contributed by atoms with Gasteiger partial charge in [0, 0.05) is 6.54 Å². The number of nitrogens with one attached hydrogen (secondary N) is 1. The summed E-state index contributed by atoms with van der Waals surface area (Å²) >= 11 is 5.34. The van der Waals surface area contributed by atoms with Crippen molar-refractivity contribution in [1.29, 1.82) is 0 Å². The highest BCUT2D eigenvalue weighted by molar-refractivity contribution is 7.93. The van der Waals surface area contributed by atoms with Crippen molar-refractivity contribution in [1.82, 2.24) is 4.90 Å². The van der Waals surface area contributed by atoms with E-state index in [4.69, 9.17) is 11.6 Å². The molecule has 0 aliphatic carbocycles. The Morgan fingerprint density at radius 2 is 1.94 bits per heavy atom. The summed E-state index contributed by atoms with van der Waals surface area (Å²) in [4.78, 5) is 1.97. The number of halogens is 1. The van der Waals surface area contributed by atoms with Gasteiger partial charge in [0.05, 0.1) is 5.69 Å². The number of hydrogen-bond donors (Lipinski definition) is 1. The van der Waals surface area contributed by atoms with Gasteiger partial charge in [0.1, 0.15) is 5.21 Å². The molecule has 0 unspecified atom stereocenters. The van der Waals surface area contributed by atoms with Crippen LogP contribution in [0.1, 0.15) is 5.56 Å². The van der Waals surface area contributed by atoms with Crippen LogP contribution in [-0.2, 0) is 16.6 Å². The molecule has 0 radical (unpaired) electrons. The largest absolute Gasteiger partial charge is 0.305 e. The van der Waals surface area contributed by atoms with E-state index >= 15 is 0 Å².